The normalized spacial score (nSPS) is 14.7. The number of fused-ring (bicyclic) bond motifs is 1. The van der Waals surface area contributed by atoms with Gasteiger partial charge in [-0.25, -0.2) is 4.79 Å². The molecule has 0 aliphatic carbocycles. The Morgan fingerprint density at radius 2 is 1.73 bits per heavy atom. The molecule has 0 radical (unpaired) electrons. The van der Waals surface area contributed by atoms with Crippen LogP contribution in [0.5, 0.6) is 0 Å². The van der Waals surface area contributed by atoms with Gasteiger partial charge in [-0.15, -0.1) is 16.4 Å². The number of carbonyl (C=O) groups excluding carboxylic acids is 2. The molecule has 1 N–H and O–H groups in total. The summed E-state index contributed by atoms with van der Waals surface area (Å²) in [7, 11) is 0. The van der Waals surface area contributed by atoms with E-state index in [1.54, 1.807) is 36.4 Å². The lowest BCUT2D eigenvalue weighted by molar-refractivity contribution is 0.0512. The highest BCUT2D eigenvalue weighted by Gasteiger charge is 2.36. The van der Waals surface area contributed by atoms with E-state index in [0.29, 0.717) is 16.0 Å². The van der Waals surface area contributed by atoms with Crippen LogP contribution >= 0.6 is 11.3 Å². The van der Waals surface area contributed by atoms with Crippen LogP contribution < -0.4 is 5.76 Å². The molecule has 1 aliphatic rings. The minimum absolute atomic E-state index is 0.165. The van der Waals surface area contributed by atoms with Crippen LogP contribution in [-0.4, -0.2) is 44.3 Å². The van der Waals surface area contributed by atoms with Crippen molar-refractivity contribution in [3.63, 3.8) is 0 Å². The van der Waals surface area contributed by atoms with Crippen molar-refractivity contribution < 1.29 is 19.1 Å². The van der Waals surface area contributed by atoms with Crippen molar-refractivity contribution in [2.24, 2.45) is 0 Å². The van der Waals surface area contributed by atoms with Gasteiger partial charge in [-0.2, -0.15) is 4.68 Å². The fourth-order valence-corrected chi connectivity index (χ4v) is 3.44. The van der Waals surface area contributed by atoms with Crippen LogP contribution in [-0.2, 0) is 6.54 Å². The third-order valence-corrected chi connectivity index (χ3v) is 4.85. The van der Waals surface area contributed by atoms with Gasteiger partial charge in [0.05, 0.1) is 35.2 Å². The molecular weight excluding hydrogens is 358 g/mol. The fourth-order valence-electron chi connectivity index (χ4n) is 2.79. The Bertz CT molecular complexity index is 1000. The van der Waals surface area contributed by atoms with Crippen molar-refractivity contribution in [1.29, 1.82) is 0 Å². The zero-order valence-electron chi connectivity index (χ0n) is 13.4. The maximum Gasteiger partial charge on any atom is 0.437 e. The van der Waals surface area contributed by atoms with Crippen LogP contribution in [0.25, 0.3) is 10.8 Å². The Morgan fingerprint density at radius 3 is 2.35 bits per heavy atom. The SMILES string of the molecule is O=C1c2ccccc2C(=O)N1C[C@@H](O)Cn1nc(-c2cccs2)oc1=O. The van der Waals surface area contributed by atoms with Gasteiger partial charge >= 0.3 is 5.76 Å². The number of amides is 2. The number of aromatic nitrogens is 2. The number of aliphatic hydroxyl groups is 1. The summed E-state index contributed by atoms with van der Waals surface area (Å²) >= 11 is 1.37. The third-order valence-electron chi connectivity index (χ3n) is 3.99. The molecule has 0 fully saturated rings. The molecule has 0 unspecified atom stereocenters. The van der Waals surface area contributed by atoms with Gasteiger partial charge in [0.1, 0.15) is 0 Å². The number of carbonyl (C=O) groups is 2. The lowest BCUT2D eigenvalue weighted by Gasteiger charge is -2.17. The Labute approximate surface area is 150 Å². The number of aliphatic hydroxyl groups excluding tert-OH is 1. The number of hydrogen-bond donors (Lipinski definition) is 1. The van der Waals surface area contributed by atoms with Gasteiger partial charge in [0.15, 0.2) is 0 Å². The molecule has 1 atom stereocenters. The van der Waals surface area contributed by atoms with Gasteiger partial charge < -0.3 is 9.52 Å². The summed E-state index contributed by atoms with van der Waals surface area (Å²) in [5.41, 5.74) is 0.617. The average Bonchev–Trinajstić information content (AvgIpc) is 3.33. The van der Waals surface area contributed by atoms with Crippen LogP contribution in [0, 0.1) is 0 Å². The van der Waals surface area contributed by atoms with Crippen molar-refractivity contribution in [3.05, 3.63) is 63.5 Å². The highest BCUT2D eigenvalue weighted by atomic mass is 32.1. The third kappa shape index (κ3) is 2.76. The second-order valence-corrected chi connectivity index (χ2v) is 6.70. The van der Waals surface area contributed by atoms with Crippen LogP contribution in [0.15, 0.2) is 51.0 Å². The van der Waals surface area contributed by atoms with Gasteiger partial charge in [0.25, 0.3) is 17.7 Å². The van der Waals surface area contributed by atoms with Gasteiger partial charge in [0.2, 0.25) is 0 Å². The van der Waals surface area contributed by atoms with E-state index in [-0.39, 0.29) is 19.0 Å². The monoisotopic (exact) mass is 371 g/mol. The molecule has 0 saturated heterocycles. The quantitative estimate of drug-likeness (QED) is 0.676. The molecule has 4 rings (SSSR count). The lowest BCUT2D eigenvalue weighted by atomic mass is 10.1. The van der Waals surface area contributed by atoms with Gasteiger partial charge in [-0.1, -0.05) is 18.2 Å². The second-order valence-electron chi connectivity index (χ2n) is 5.75. The zero-order chi connectivity index (χ0) is 18.3. The van der Waals surface area contributed by atoms with Crippen molar-refractivity contribution in [2.45, 2.75) is 12.6 Å². The smallest absolute Gasteiger partial charge is 0.389 e. The minimum Gasteiger partial charge on any atom is -0.389 e. The Balaban J connectivity index is 1.49. The van der Waals surface area contributed by atoms with E-state index in [9.17, 15) is 19.5 Å². The molecule has 132 valence electrons. The summed E-state index contributed by atoms with van der Waals surface area (Å²) in [5.74, 6) is -1.47. The van der Waals surface area contributed by atoms with Crippen molar-refractivity contribution in [2.75, 3.05) is 6.54 Å². The first-order valence-electron chi connectivity index (χ1n) is 7.79. The number of imide groups is 1. The number of benzene rings is 1. The maximum absolute atomic E-state index is 12.3. The first-order chi connectivity index (χ1) is 12.5. The van der Waals surface area contributed by atoms with Gasteiger partial charge in [-0.05, 0) is 23.6 Å². The molecule has 9 heteroatoms. The van der Waals surface area contributed by atoms with Crippen LogP contribution in [0.4, 0.5) is 0 Å². The molecule has 2 amide bonds. The van der Waals surface area contributed by atoms with E-state index in [4.69, 9.17) is 4.42 Å². The van der Waals surface area contributed by atoms with Crippen molar-refractivity contribution >= 4 is 23.2 Å². The highest BCUT2D eigenvalue weighted by molar-refractivity contribution is 7.13. The molecule has 1 aliphatic heterocycles. The second kappa shape index (κ2) is 6.36. The zero-order valence-corrected chi connectivity index (χ0v) is 14.2. The summed E-state index contributed by atoms with van der Waals surface area (Å²) in [6.07, 6.45) is -1.16. The first-order valence-corrected chi connectivity index (χ1v) is 8.67. The Morgan fingerprint density at radius 1 is 1.04 bits per heavy atom. The van der Waals surface area contributed by atoms with E-state index in [1.807, 2.05) is 5.38 Å². The van der Waals surface area contributed by atoms with Crippen LogP contribution in [0.2, 0.25) is 0 Å². The predicted octanol–water partition coefficient (Wildman–Crippen LogP) is 1.22. The molecule has 2 aromatic heterocycles. The molecule has 1 aromatic carbocycles. The highest BCUT2D eigenvalue weighted by Crippen LogP contribution is 2.23. The van der Waals surface area contributed by atoms with Crippen molar-refractivity contribution in [1.82, 2.24) is 14.7 Å². The largest absolute Gasteiger partial charge is 0.437 e. The minimum atomic E-state index is -1.16. The number of nitrogens with zero attached hydrogens (tertiary/aromatic N) is 3. The van der Waals surface area contributed by atoms with Gasteiger partial charge in [0, 0.05) is 0 Å². The molecule has 3 aromatic rings. The van der Waals surface area contributed by atoms with E-state index < -0.39 is 23.7 Å². The van der Waals surface area contributed by atoms with E-state index in [2.05, 4.69) is 5.10 Å². The average molecular weight is 371 g/mol. The Kier molecular flexibility index (Phi) is 4.02. The molecule has 0 bridgehead atoms. The van der Waals surface area contributed by atoms with Crippen LogP contribution in [0.1, 0.15) is 20.7 Å². The summed E-state index contributed by atoms with van der Waals surface area (Å²) in [5, 5.41) is 16.1. The number of β-amino-alcohol motifs (C(OH)–C–C–N with tert-alkyl or cyclic N) is 1. The summed E-state index contributed by atoms with van der Waals surface area (Å²) in [6, 6.07) is 10.0. The first kappa shape index (κ1) is 16.4. The maximum atomic E-state index is 12.3. The predicted molar refractivity (Wildman–Crippen MR) is 91.9 cm³/mol. The molecule has 3 heterocycles. The lowest BCUT2D eigenvalue weighted by Crippen LogP contribution is -2.39. The van der Waals surface area contributed by atoms with Crippen LogP contribution in [0.3, 0.4) is 0 Å². The van der Waals surface area contributed by atoms with E-state index in [1.165, 1.54) is 11.3 Å². The molecule has 0 saturated carbocycles. The van der Waals surface area contributed by atoms with E-state index >= 15 is 0 Å². The molecule has 26 heavy (non-hydrogen) atoms. The van der Waals surface area contributed by atoms with Gasteiger partial charge in [-0.3, -0.25) is 14.5 Å². The van der Waals surface area contributed by atoms with E-state index in [0.717, 1.165) is 9.58 Å². The summed E-state index contributed by atoms with van der Waals surface area (Å²) < 4.78 is 6.05. The topological polar surface area (TPSA) is 106 Å². The fraction of sp³-hybridized carbons (Fsp3) is 0.176. The number of hydrogen-bond acceptors (Lipinski definition) is 7. The molecular formula is C17H13N3O5S. The van der Waals surface area contributed by atoms with Crippen molar-refractivity contribution in [3.8, 4) is 10.8 Å². The Hall–Kier alpha value is -3.04. The summed E-state index contributed by atoms with van der Waals surface area (Å²) in [4.78, 5) is 38.2. The number of rotatable bonds is 5. The molecule has 8 nitrogen and oxygen atoms in total. The summed E-state index contributed by atoms with van der Waals surface area (Å²) in [6.45, 7) is -0.429. The molecule has 0 spiro atoms. The standard InChI is InChI=1S/C17H13N3O5S/c21-10(8-19-15(22)11-4-1-2-5-12(11)16(19)23)9-20-17(24)25-14(18-20)13-6-3-7-26-13/h1-7,10,21H,8-9H2/t10-/m1/s1. The number of thiophene rings is 1.